The number of nitrogens with zero attached hydrogens (tertiary/aromatic N) is 2. The first-order valence-electron chi connectivity index (χ1n) is 9.12. The molecule has 0 fully saturated rings. The molecule has 0 saturated carbocycles. The van der Waals surface area contributed by atoms with Crippen molar-refractivity contribution in [2.45, 2.75) is 12.8 Å². The lowest BCUT2D eigenvalue weighted by molar-refractivity contribution is -0.142. The lowest BCUT2D eigenvalue weighted by Gasteiger charge is -2.12. The second kappa shape index (κ2) is 8.24. The Morgan fingerprint density at radius 1 is 0.833 bits per heavy atom. The smallest absolute Gasteiger partial charge is 0.438 e. The Morgan fingerprint density at radius 3 is 2.03 bits per heavy atom. The molecule has 0 atom stereocenters. The molecule has 1 aromatic heterocycles. The third-order valence-electron chi connectivity index (χ3n) is 4.45. The molecule has 30 heavy (non-hydrogen) atoms. The first kappa shape index (κ1) is 20.0. The van der Waals surface area contributed by atoms with Crippen LogP contribution in [0.4, 0.5) is 13.2 Å². The fourth-order valence-electron chi connectivity index (χ4n) is 3.07. The summed E-state index contributed by atoms with van der Waals surface area (Å²) in [6, 6.07) is 24.2. The molecule has 0 radical (unpaired) electrons. The van der Waals surface area contributed by atoms with Crippen molar-refractivity contribution in [3.8, 4) is 22.7 Å². The van der Waals surface area contributed by atoms with Gasteiger partial charge in [0, 0.05) is 10.6 Å². The van der Waals surface area contributed by atoms with Crippen LogP contribution in [0, 0.1) is 0 Å². The van der Waals surface area contributed by atoms with Gasteiger partial charge in [0.05, 0.1) is 5.69 Å². The number of aromatic nitrogens is 2. The van der Waals surface area contributed by atoms with Gasteiger partial charge in [0.25, 0.3) is 0 Å². The summed E-state index contributed by atoms with van der Waals surface area (Å²) in [6.45, 7) is -0.0550. The molecule has 0 bridgehead atoms. The summed E-state index contributed by atoms with van der Waals surface area (Å²) in [4.78, 5) is 0. The highest BCUT2D eigenvalue weighted by Crippen LogP contribution is 2.43. The highest BCUT2D eigenvalue weighted by Gasteiger charge is 2.41. The zero-order valence-electron chi connectivity index (χ0n) is 15.6. The molecule has 0 N–H and O–H groups in total. The minimum Gasteiger partial charge on any atom is -0.484 e. The third-order valence-corrected chi connectivity index (χ3v) is 4.71. The van der Waals surface area contributed by atoms with E-state index in [1.807, 2.05) is 0 Å². The molecule has 0 saturated heterocycles. The van der Waals surface area contributed by atoms with E-state index in [9.17, 15) is 13.2 Å². The Hall–Kier alpha value is -3.25. The minimum atomic E-state index is -4.68. The second-order valence-corrected chi connectivity index (χ2v) is 6.99. The van der Waals surface area contributed by atoms with Gasteiger partial charge in [-0.05, 0) is 29.8 Å². The highest BCUT2D eigenvalue weighted by atomic mass is 35.5. The van der Waals surface area contributed by atoms with Crippen LogP contribution in [-0.2, 0) is 12.8 Å². The molecule has 152 valence electrons. The highest BCUT2D eigenvalue weighted by molar-refractivity contribution is 6.30. The molecule has 4 rings (SSSR count). The zero-order valence-corrected chi connectivity index (χ0v) is 16.4. The zero-order chi connectivity index (χ0) is 21.1. The molecule has 0 aliphatic carbocycles. The molecule has 1 heterocycles. The number of hydrogen-bond donors (Lipinski definition) is 0. The molecular formula is C23H16ClF3N2O. The van der Waals surface area contributed by atoms with E-state index in [1.54, 1.807) is 84.9 Å². The number of para-hydroxylation sites is 1. The maximum Gasteiger partial charge on any atom is 0.438 e. The molecule has 0 aliphatic heterocycles. The molecule has 0 spiro atoms. The van der Waals surface area contributed by atoms with Crippen molar-refractivity contribution >= 4 is 11.6 Å². The summed E-state index contributed by atoms with van der Waals surface area (Å²) in [5, 5.41) is 4.44. The van der Waals surface area contributed by atoms with Crippen LogP contribution in [0.3, 0.4) is 0 Å². The summed E-state index contributed by atoms with van der Waals surface area (Å²) < 4.78 is 48.6. The first-order chi connectivity index (χ1) is 14.4. The van der Waals surface area contributed by atoms with E-state index < -0.39 is 11.9 Å². The number of alkyl halides is 3. The maximum absolute atomic E-state index is 13.9. The van der Waals surface area contributed by atoms with Gasteiger partial charge in [-0.3, -0.25) is 0 Å². The Kier molecular flexibility index (Phi) is 5.50. The maximum atomic E-state index is 13.9. The van der Waals surface area contributed by atoms with E-state index in [0.29, 0.717) is 21.8 Å². The molecule has 0 aliphatic rings. The first-order valence-corrected chi connectivity index (χ1v) is 9.49. The number of benzene rings is 3. The fourth-order valence-corrected chi connectivity index (χ4v) is 3.19. The monoisotopic (exact) mass is 428 g/mol. The van der Waals surface area contributed by atoms with Crippen molar-refractivity contribution in [3.05, 3.63) is 101 Å². The summed E-state index contributed by atoms with van der Waals surface area (Å²) in [7, 11) is 0. The van der Waals surface area contributed by atoms with Crippen molar-refractivity contribution in [1.82, 2.24) is 9.78 Å². The van der Waals surface area contributed by atoms with Crippen molar-refractivity contribution in [2.24, 2.45) is 0 Å². The van der Waals surface area contributed by atoms with Crippen LogP contribution in [0.25, 0.3) is 16.9 Å². The lowest BCUT2D eigenvalue weighted by atomic mass is 10.1. The van der Waals surface area contributed by atoms with Crippen LogP contribution in [0.15, 0.2) is 84.9 Å². The van der Waals surface area contributed by atoms with Crippen LogP contribution in [-0.4, -0.2) is 9.78 Å². The summed E-state index contributed by atoms with van der Waals surface area (Å²) >= 11 is 5.89. The molecule has 7 heteroatoms. The van der Waals surface area contributed by atoms with Gasteiger partial charge in [0.1, 0.15) is 12.3 Å². The van der Waals surface area contributed by atoms with Crippen molar-refractivity contribution in [1.29, 1.82) is 0 Å². The van der Waals surface area contributed by atoms with Crippen molar-refractivity contribution in [3.63, 3.8) is 0 Å². The average Bonchev–Trinajstić information content (AvgIpc) is 3.15. The Balaban J connectivity index is 1.87. The molecule has 3 nitrogen and oxygen atoms in total. The van der Waals surface area contributed by atoms with Gasteiger partial charge in [-0.2, -0.15) is 18.3 Å². The van der Waals surface area contributed by atoms with E-state index in [1.165, 1.54) is 4.68 Å². The SMILES string of the molecule is FC(F)(F)c1nn(-c2ccccc2)c(-c2ccccc2)c1OCc1ccc(Cl)cc1. The van der Waals surface area contributed by atoms with Gasteiger partial charge < -0.3 is 4.74 Å². The Morgan fingerprint density at radius 2 is 1.43 bits per heavy atom. The van der Waals surface area contributed by atoms with E-state index in [0.717, 1.165) is 0 Å². The van der Waals surface area contributed by atoms with Crippen LogP contribution < -0.4 is 4.74 Å². The molecular weight excluding hydrogens is 413 g/mol. The quantitative estimate of drug-likeness (QED) is 0.350. The number of rotatable bonds is 5. The van der Waals surface area contributed by atoms with Gasteiger partial charge in [-0.25, -0.2) is 4.68 Å². The number of ether oxygens (including phenoxy) is 1. The Bertz CT molecular complexity index is 1130. The van der Waals surface area contributed by atoms with Crippen LogP contribution in [0.2, 0.25) is 5.02 Å². The lowest BCUT2D eigenvalue weighted by Crippen LogP contribution is -2.09. The molecule has 0 unspecified atom stereocenters. The van der Waals surface area contributed by atoms with E-state index >= 15 is 0 Å². The second-order valence-electron chi connectivity index (χ2n) is 6.55. The van der Waals surface area contributed by atoms with E-state index in [-0.39, 0.29) is 18.1 Å². The standard InChI is InChI=1S/C23H16ClF3N2O/c24-18-13-11-16(12-14-18)15-30-21-20(17-7-3-1-4-8-17)29(19-9-5-2-6-10-19)28-22(21)23(25,26)27/h1-14H,15H2. The average molecular weight is 429 g/mol. The third kappa shape index (κ3) is 4.19. The summed E-state index contributed by atoms with van der Waals surface area (Å²) in [5.74, 6) is -0.312. The molecule has 4 aromatic rings. The molecule has 0 amide bonds. The van der Waals surface area contributed by atoms with Crippen molar-refractivity contribution in [2.75, 3.05) is 0 Å². The van der Waals surface area contributed by atoms with Crippen molar-refractivity contribution < 1.29 is 17.9 Å². The van der Waals surface area contributed by atoms with E-state index in [2.05, 4.69) is 5.10 Å². The number of halogens is 4. The van der Waals surface area contributed by atoms with Gasteiger partial charge in [0.15, 0.2) is 5.75 Å². The molecule has 3 aromatic carbocycles. The van der Waals surface area contributed by atoms with Gasteiger partial charge in [-0.15, -0.1) is 0 Å². The van der Waals surface area contributed by atoms with Gasteiger partial charge in [0.2, 0.25) is 5.69 Å². The minimum absolute atomic E-state index is 0.0550. The fraction of sp³-hybridized carbons (Fsp3) is 0.0870. The Labute approximate surface area is 176 Å². The van der Waals surface area contributed by atoms with Gasteiger partial charge in [-0.1, -0.05) is 72.3 Å². The van der Waals surface area contributed by atoms with E-state index in [4.69, 9.17) is 16.3 Å². The summed E-state index contributed by atoms with van der Waals surface area (Å²) in [5.41, 5.74) is 0.930. The van der Waals surface area contributed by atoms with Crippen LogP contribution >= 0.6 is 11.6 Å². The predicted molar refractivity (Wildman–Crippen MR) is 110 cm³/mol. The normalized spacial score (nSPS) is 11.5. The topological polar surface area (TPSA) is 27.1 Å². The predicted octanol–water partition coefficient (Wildman–Crippen LogP) is 6.79. The number of hydrogen-bond acceptors (Lipinski definition) is 2. The van der Waals surface area contributed by atoms with Crippen LogP contribution in [0.1, 0.15) is 11.3 Å². The van der Waals surface area contributed by atoms with Crippen LogP contribution in [0.5, 0.6) is 5.75 Å². The summed E-state index contributed by atoms with van der Waals surface area (Å²) in [6.07, 6.45) is -4.68. The van der Waals surface area contributed by atoms with Gasteiger partial charge >= 0.3 is 6.18 Å². The largest absolute Gasteiger partial charge is 0.484 e.